The molecule has 11 heavy (non-hydrogen) atoms. The summed E-state index contributed by atoms with van der Waals surface area (Å²) < 4.78 is 6.53. The predicted molar refractivity (Wildman–Crippen MR) is 45.6 cm³/mol. The van der Waals surface area contributed by atoms with Crippen LogP contribution in [0.1, 0.15) is 12.8 Å². The smallest absolute Gasteiger partial charge is 0.152 e. The largest absolute Gasteiger partial charge is 0.488 e. The van der Waals surface area contributed by atoms with E-state index in [0.29, 0.717) is 6.10 Å². The zero-order chi connectivity index (χ0) is 7.68. The highest BCUT2D eigenvalue weighted by Gasteiger charge is 2.24. The van der Waals surface area contributed by atoms with Crippen LogP contribution in [-0.4, -0.2) is 11.1 Å². The van der Waals surface area contributed by atoms with Crippen LogP contribution in [0, 0.1) is 0 Å². The van der Waals surface area contributed by atoms with Gasteiger partial charge in [0.15, 0.2) is 5.75 Å². The molecule has 2 nitrogen and oxygen atoms in total. The second-order valence-corrected chi connectivity index (χ2v) is 3.48. The molecule has 1 aliphatic carbocycles. The lowest BCUT2D eigenvalue weighted by Gasteiger charge is -2.04. The van der Waals surface area contributed by atoms with Gasteiger partial charge in [-0.3, -0.25) is 4.98 Å². The summed E-state index contributed by atoms with van der Waals surface area (Å²) in [7, 11) is 0. The molecule has 0 amide bonds. The molecule has 0 aliphatic heterocycles. The summed E-state index contributed by atoms with van der Waals surface area (Å²) in [5.41, 5.74) is 0. The Kier molecular flexibility index (Phi) is 1.82. The van der Waals surface area contributed by atoms with E-state index >= 15 is 0 Å². The van der Waals surface area contributed by atoms with Crippen LogP contribution in [0.15, 0.2) is 22.9 Å². The minimum atomic E-state index is 0.440. The average molecular weight is 214 g/mol. The Morgan fingerprint density at radius 2 is 2.36 bits per heavy atom. The molecule has 1 aromatic heterocycles. The molecular formula is C8H8BrNO. The summed E-state index contributed by atoms with van der Waals surface area (Å²) in [5.74, 6) is 0.856. The number of pyridine rings is 1. The van der Waals surface area contributed by atoms with Crippen LogP contribution in [0.3, 0.4) is 0 Å². The molecule has 1 fully saturated rings. The van der Waals surface area contributed by atoms with Gasteiger partial charge in [0.25, 0.3) is 0 Å². The van der Waals surface area contributed by atoms with E-state index in [4.69, 9.17) is 4.74 Å². The Morgan fingerprint density at radius 1 is 1.55 bits per heavy atom. The van der Waals surface area contributed by atoms with Gasteiger partial charge in [-0.1, -0.05) is 0 Å². The van der Waals surface area contributed by atoms with Gasteiger partial charge < -0.3 is 4.74 Å². The summed E-state index contributed by atoms with van der Waals surface area (Å²) >= 11 is 3.39. The zero-order valence-electron chi connectivity index (χ0n) is 5.96. The standard InChI is InChI=1S/C8H8BrNO/c9-7-3-4-10-5-8(7)11-6-1-2-6/h3-6H,1-2H2. The lowest BCUT2D eigenvalue weighted by Crippen LogP contribution is -1.96. The van der Waals surface area contributed by atoms with E-state index in [1.807, 2.05) is 6.07 Å². The summed E-state index contributed by atoms with van der Waals surface area (Å²) in [4.78, 5) is 3.97. The Labute approximate surface area is 73.7 Å². The number of hydrogen-bond acceptors (Lipinski definition) is 2. The number of nitrogens with zero attached hydrogens (tertiary/aromatic N) is 1. The van der Waals surface area contributed by atoms with E-state index in [9.17, 15) is 0 Å². The molecule has 0 unspecified atom stereocenters. The molecule has 1 aromatic rings. The van der Waals surface area contributed by atoms with Gasteiger partial charge in [-0.15, -0.1) is 0 Å². The van der Waals surface area contributed by atoms with Crippen LogP contribution in [-0.2, 0) is 0 Å². The maximum Gasteiger partial charge on any atom is 0.152 e. The van der Waals surface area contributed by atoms with E-state index in [1.54, 1.807) is 12.4 Å². The maximum atomic E-state index is 5.55. The van der Waals surface area contributed by atoms with Crippen molar-refractivity contribution in [1.29, 1.82) is 0 Å². The van der Waals surface area contributed by atoms with Crippen molar-refractivity contribution in [3.63, 3.8) is 0 Å². The van der Waals surface area contributed by atoms with Gasteiger partial charge in [-0.2, -0.15) is 0 Å². The van der Waals surface area contributed by atoms with Crippen LogP contribution in [0.2, 0.25) is 0 Å². The van der Waals surface area contributed by atoms with E-state index < -0.39 is 0 Å². The summed E-state index contributed by atoms with van der Waals surface area (Å²) in [5, 5.41) is 0. The van der Waals surface area contributed by atoms with Gasteiger partial charge in [0.05, 0.1) is 16.8 Å². The fraction of sp³-hybridized carbons (Fsp3) is 0.375. The minimum absolute atomic E-state index is 0.440. The highest BCUT2D eigenvalue weighted by atomic mass is 79.9. The van der Waals surface area contributed by atoms with E-state index in [-0.39, 0.29) is 0 Å². The quantitative estimate of drug-likeness (QED) is 0.753. The van der Waals surface area contributed by atoms with Crippen molar-refractivity contribution in [2.45, 2.75) is 18.9 Å². The second-order valence-electron chi connectivity index (χ2n) is 2.62. The molecular weight excluding hydrogens is 206 g/mol. The summed E-state index contributed by atoms with van der Waals surface area (Å²) in [6, 6.07) is 1.89. The van der Waals surface area contributed by atoms with Crippen molar-refractivity contribution in [2.75, 3.05) is 0 Å². The number of aromatic nitrogens is 1. The molecule has 0 atom stereocenters. The Bertz CT molecular complexity index is 260. The highest BCUT2D eigenvalue weighted by molar-refractivity contribution is 9.10. The molecule has 58 valence electrons. The average Bonchev–Trinajstić information content (AvgIpc) is 2.78. The molecule has 0 bridgehead atoms. The van der Waals surface area contributed by atoms with E-state index in [2.05, 4.69) is 20.9 Å². The Hall–Kier alpha value is -0.570. The first-order valence-corrected chi connectivity index (χ1v) is 4.42. The summed E-state index contributed by atoms with van der Waals surface area (Å²) in [6.07, 6.45) is 6.28. The molecule has 0 spiro atoms. The van der Waals surface area contributed by atoms with Gasteiger partial charge in [0.1, 0.15) is 0 Å². The highest BCUT2D eigenvalue weighted by Crippen LogP contribution is 2.30. The molecule has 3 heteroatoms. The third-order valence-electron chi connectivity index (χ3n) is 1.55. The normalized spacial score (nSPS) is 16.5. The first-order valence-electron chi connectivity index (χ1n) is 3.62. The fourth-order valence-corrected chi connectivity index (χ4v) is 1.13. The molecule has 0 N–H and O–H groups in total. The predicted octanol–water partition coefficient (Wildman–Crippen LogP) is 2.39. The van der Waals surface area contributed by atoms with Crippen molar-refractivity contribution < 1.29 is 4.74 Å². The Balaban J connectivity index is 2.15. The number of rotatable bonds is 2. The minimum Gasteiger partial charge on any atom is -0.488 e. The van der Waals surface area contributed by atoms with Crippen molar-refractivity contribution in [3.8, 4) is 5.75 Å². The molecule has 2 rings (SSSR count). The SMILES string of the molecule is Brc1ccncc1OC1CC1. The van der Waals surface area contributed by atoms with Crippen LogP contribution in [0.4, 0.5) is 0 Å². The molecule has 1 heterocycles. The second kappa shape index (κ2) is 2.81. The van der Waals surface area contributed by atoms with Crippen LogP contribution >= 0.6 is 15.9 Å². The monoisotopic (exact) mass is 213 g/mol. The third-order valence-corrected chi connectivity index (χ3v) is 2.21. The van der Waals surface area contributed by atoms with Gasteiger partial charge in [0.2, 0.25) is 0 Å². The number of ether oxygens (including phenoxy) is 1. The van der Waals surface area contributed by atoms with Gasteiger partial charge in [0, 0.05) is 6.20 Å². The number of halogens is 1. The number of hydrogen-bond donors (Lipinski definition) is 0. The molecule has 1 aliphatic rings. The van der Waals surface area contributed by atoms with Crippen LogP contribution in [0.5, 0.6) is 5.75 Å². The fourth-order valence-electron chi connectivity index (χ4n) is 0.815. The maximum absolute atomic E-state index is 5.55. The Morgan fingerprint density at radius 3 is 3.00 bits per heavy atom. The molecule has 0 radical (unpaired) electrons. The van der Waals surface area contributed by atoms with Gasteiger partial charge >= 0.3 is 0 Å². The van der Waals surface area contributed by atoms with Crippen LogP contribution < -0.4 is 4.74 Å². The molecule has 0 aromatic carbocycles. The van der Waals surface area contributed by atoms with Crippen molar-refractivity contribution in [3.05, 3.63) is 22.9 Å². The lowest BCUT2D eigenvalue weighted by atomic mass is 10.5. The van der Waals surface area contributed by atoms with Gasteiger partial charge in [-0.25, -0.2) is 0 Å². The molecule has 1 saturated carbocycles. The first kappa shape index (κ1) is 7.10. The van der Waals surface area contributed by atoms with Crippen molar-refractivity contribution in [1.82, 2.24) is 4.98 Å². The summed E-state index contributed by atoms with van der Waals surface area (Å²) in [6.45, 7) is 0. The molecule has 0 saturated heterocycles. The van der Waals surface area contributed by atoms with E-state index in [0.717, 1.165) is 10.2 Å². The van der Waals surface area contributed by atoms with Crippen molar-refractivity contribution in [2.24, 2.45) is 0 Å². The van der Waals surface area contributed by atoms with E-state index in [1.165, 1.54) is 12.8 Å². The zero-order valence-corrected chi connectivity index (χ0v) is 7.54. The topological polar surface area (TPSA) is 22.1 Å². The first-order chi connectivity index (χ1) is 5.36. The van der Waals surface area contributed by atoms with Gasteiger partial charge in [-0.05, 0) is 34.8 Å². The third kappa shape index (κ3) is 1.71. The van der Waals surface area contributed by atoms with Crippen LogP contribution in [0.25, 0.3) is 0 Å². The van der Waals surface area contributed by atoms with Crippen molar-refractivity contribution >= 4 is 15.9 Å². The lowest BCUT2D eigenvalue weighted by molar-refractivity contribution is 0.300.